The smallest absolute Gasteiger partial charge is 0.280 e. The second kappa shape index (κ2) is 7.79. The first-order valence-corrected chi connectivity index (χ1v) is 7.66. The molecule has 0 aliphatic rings. The molecule has 0 radical (unpaired) electrons. The number of aryl methyl sites for hydroxylation is 2. The molecular weight excluding hydrogens is 312 g/mol. The van der Waals surface area contributed by atoms with Crippen molar-refractivity contribution in [2.45, 2.75) is 26.9 Å². The Morgan fingerprint density at radius 2 is 1.96 bits per heavy atom. The topological polar surface area (TPSA) is 50.7 Å². The summed E-state index contributed by atoms with van der Waals surface area (Å²) in [4.78, 5) is 12.0. The number of amides is 1. The van der Waals surface area contributed by atoms with Crippen molar-refractivity contribution in [3.8, 4) is 5.75 Å². The number of nitrogens with zero attached hydrogens (tertiary/aromatic N) is 1. The van der Waals surface area contributed by atoms with E-state index in [-0.39, 0.29) is 5.91 Å². The molecule has 120 valence electrons. The third-order valence-corrected chi connectivity index (χ3v) is 3.80. The van der Waals surface area contributed by atoms with Crippen molar-refractivity contribution in [2.24, 2.45) is 5.10 Å². The molecule has 0 aromatic heterocycles. The average molecular weight is 331 g/mol. The van der Waals surface area contributed by atoms with Crippen molar-refractivity contribution in [3.05, 3.63) is 64.2 Å². The minimum absolute atomic E-state index is 0.317. The highest BCUT2D eigenvalue weighted by atomic mass is 35.5. The molecule has 2 rings (SSSR count). The Bertz CT molecular complexity index is 729. The number of hydrogen-bond acceptors (Lipinski definition) is 3. The van der Waals surface area contributed by atoms with Gasteiger partial charge in [-0.25, -0.2) is 5.43 Å². The third kappa shape index (κ3) is 4.83. The average Bonchev–Trinajstić information content (AvgIpc) is 2.52. The number of rotatable bonds is 5. The molecule has 0 bridgehead atoms. The van der Waals surface area contributed by atoms with Crippen LogP contribution in [0.4, 0.5) is 0 Å². The second-order valence-corrected chi connectivity index (χ2v) is 5.67. The van der Waals surface area contributed by atoms with Crippen LogP contribution in [0.2, 0.25) is 5.02 Å². The third-order valence-electron chi connectivity index (χ3n) is 3.38. The SMILES string of the molecule is Cc1cc(O[C@@H](C)C(=O)N/N=C\c2ccccc2C)ccc1Cl. The predicted octanol–water partition coefficient (Wildman–Crippen LogP) is 3.87. The highest BCUT2D eigenvalue weighted by Gasteiger charge is 2.14. The van der Waals surface area contributed by atoms with E-state index in [1.165, 1.54) is 0 Å². The molecule has 0 heterocycles. The first-order chi connectivity index (χ1) is 11.0. The minimum atomic E-state index is -0.662. The van der Waals surface area contributed by atoms with Gasteiger partial charge in [-0.1, -0.05) is 35.9 Å². The fourth-order valence-corrected chi connectivity index (χ4v) is 2.05. The van der Waals surface area contributed by atoms with Crippen LogP contribution < -0.4 is 10.2 Å². The van der Waals surface area contributed by atoms with Crippen LogP contribution in [-0.2, 0) is 4.79 Å². The quantitative estimate of drug-likeness (QED) is 0.668. The van der Waals surface area contributed by atoms with Gasteiger partial charge in [-0.05, 0) is 55.7 Å². The van der Waals surface area contributed by atoms with Crippen LogP contribution in [0, 0.1) is 13.8 Å². The van der Waals surface area contributed by atoms with Gasteiger partial charge in [0.1, 0.15) is 5.75 Å². The number of nitrogens with one attached hydrogen (secondary N) is 1. The maximum absolute atomic E-state index is 12.0. The van der Waals surface area contributed by atoms with E-state index in [0.29, 0.717) is 10.8 Å². The molecule has 0 fully saturated rings. The van der Waals surface area contributed by atoms with Gasteiger partial charge in [0.15, 0.2) is 6.10 Å². The van der Waals surface area contributed by atoms with Gasteiger partial charge in [0.25, 0.3) is 5.91 Å². The number of hydrogen-bond donors (Lipinski definition) is 1. The molecule has 0 aliphatic carbocycles. The first kappa shape index (κ1) is 17.0. The number of benzene rings is 2. The van der Waals surface area contributed by atoms with Crippen molar-refractivity contribution in [2.75, 3.05) is 0 Å². The van der Waals surface area contributed by atoms with Crippen molar-refractivity contribution in [1.82, 2.24) is 5.43 Å². The van der Waals surface area contributed by atoms with Crippen LogP contribution in [0.1, 0.15) is 23.6 Å². The van der Waals surface area contributed by atoms with E-state index in [9.17, 15) is 4.79 Å². The van der Waals surface area contributed by atoms with Crippen LogP contribution in [0.15, 0.2) is 47.6 Å². The Morgan fingerprint density at radius 3 is 2.65 bits per heavy atom. The van der Waals surface area contributed by atoms with Crippen LogP contribution >= 0.6 is 11.6 Å². The van der Waals surface area contributed by atoms with E-state index in [0.717, 1.165) is 16.7 Å². The lowest BCUT2D eigenvalue weighted by Crippen LogP contribution is -2.33. The summed E-state index contributed by atoms with van der Waals surface area (Å²) < 4.78 is 5.59. The number of hydrazone groups is 1. The Labute approximate surface area is 141 Å². The highest BCUT2D eigenvalue weighted by Crippen LogP contribution is 2.21. The van der Waals surface area contributed by atoms with E-state index < -0.39 is 6.10 Å². The zero-order chi connectivity index (χ0) is 16.8. The molecule has 2 aromatic carbocycles. The zero-order valence-corrected chi connectivity index (χ0v) is 14.1. The molecule has 0 saturated heterocycles. The molecule has 0 spiro atoms. The predicted molar refractivity (Wildman–Crippen MR) is 93.2 cm³/mol. The number of carbonyl (C=O) groups excluding carboxylic acids is 1. The van der Waals surface area contributed by atoms with Gasteiger partial charge in [0, 0.05) is 5.02 Å². The molecule has 4 nitrogen and oxygen atoms in total. The summed E-state index contributed by atoms with van der Waals surface area (Å²) in [5.74, 6) is 0.278. The maximum atomic E-state index is 12.0. The minimum Gasteiger partial charge on any atom is -0.481 e. The fraction of sp³-hybridized carbons (Fsp3) is 0.222. The van der Waals surface area contributed by atoms with Crippen molar-refractivity contribution < 1.29 is 9.53 Å². The maximum Gasteiger partial charge on any atom is 0.280 e. The van der Waals surface area contributed by atoms with Crippen molar-refractivity contribution >= 4 is 23.7 Å². The monoisotopic (exact) mass is 330 g/mol. The standard InChI is InChI=1S/C18H19ClN2O2/c1-12-6-4-5-7-15(12)11-20-21-18(22)14(3)23-16-8-9-17(19)13(2)10-16/h4-11,14H,1-3H3,(H,21,22)/b20-11-/t14-/m0/s1. The largest absolute Gasteiger partial charge is 0.481 e. The van der Waals surface area contributed by atoms with Crippen LogP contribution in [0.3, 0.4) is 0 Å². The van der Waals surface area contributed by atoms with E-state index in [1.54, 1.807) is 31.3 Å². The molecule has 2 aromatic rings. The molecule has 1 N–H and O–H groups in total. The fourth-order valence-electron chi connectivity index (χ4n) is 1.94. The van der Waals surface area contributed by atoms with Crippen LogP contribution in [0.25, 0.3) is 0 Å². The van der Waals surface area contributed by atoms with Gasteiger partial charge >= 0.3 is 0 Å². The van der Waals surface area contributed by atoms with Gasteiger partial charge in [0.2, 0.25) is 0 Å². The van der Waals surface area contributed by atoms with Gasteiger partial charge in [-0.3, -0.25) is 4.79 Å². The van der Waals surface area contributed by atoms with Crippen LogP contribution in [0.5, 0.6) is 5.75 Å². The molecule has 0 saturated carbocycles. The molecule has 5 heteroatoms. The summed E-state index contributed by atoms with van der Waals surface area (Å²) in [6.07, 6.45) is 0.955. The second-order valence-electron chi connectivity index (χ2n) is 5.26. The van der Waals surface area contributed by atoms with Crippen molar-refractivity contribution in [1.29, 1.82) is 0 Å². The Morgan fingerprint density at radius 1 is 1.22 bits per heavy atom. The van der Waals surface area contributed by atoms with E-state index in [4.69, 9.17) is 16.3 Å². The van der Waals surface area contributed by atoms with E-state index in [2.05, 4.69) is 10.5 Å². The van der Waals surface area contributed by atoms with Gasteiger partial charge in [0.05, 0.1) is 6.21 Å². The zero-order valence-electron chi connectivity index (χ0n) is 13.3. The summed E-state index contributed by atoms with van der Waals surface area (Å²) >= 11 is 5.97. The molecule has 0 unspecified atom stereocenters. The summed E-state index contributed by atoms with van der Waals surface area (Å²) in [6.45, 7) is 5.53. The molecular formula is C18H19ClN2O2. The Balaban J connectivity index is 1.92. The van der Waals surface area contributed by atoms with Crippen LogP contribution in [-0.4, -0.2) is 18.2 Å². The first-order valence-electron chi connectivity index (χ1n) is 7.28. The van der Waals surface area contributed by atoms with E-state index >= 15 is 0 Å². The number of carbonyl (C=O) groups is 1. The molecule has 23 heavy (non-hydrogen) atoms. The molecule has 1 atom stereocenters. The normalized spacial score (nSPS) is 12.2. The van der Waals surface area contributed by atoms with E-state index in [1.807, 2.05) is 38.1 Å². The summed E-state index contributed by atoms with van der Waals surface area (Å²) in [6, 6.07) is 13.1. The highest BCUT2D eigenvalue weighted by molar-refractivity contribution is 6.31. The number of halogens is 1. The molecule has 1 amide bonds. The lowest BCUT2D eigenvalue weighted by molar-refractivity contribution is -0.127. The Hall–Kier alpha value is -2.33. The Kier molecular flexibility index (Phi) is 5.77. The summed E-state index contributed by atoms with van der Waals surface area (Å²) in [5.41, 5.74) is 5.42. The summed E-state index contributed by atoms with van der Waals surface area (Å²) in [7, 11) is 0. The van der Waals surface area contributed by atoms with Crippen molar-refractivity contribution in [3.63, 3.8) is 0 Å². The molecule has 0 aliphatic heterocycles. The summed E-state index contributed by atoms with van der Waals surface area (Å²) in [5, 5.41) is 4.64. The van der Waals surface area contributed by atoms with Gasteiger partial charge in [-0.2, -0.15) is 5.10 Å². The van der Waals surface area contributed by atoms with Gasteiger partial charge < -0.3 is 4.74 Å². The lowest BCUT2D eigenvalue weighted by atomic mass is 10.1. The van der Waals surface area contributed by atoms with Gasteiger partial charge in [-0.15, -0.1) is 0 Å². The lowest BCUT2D eigenvalue weighted by Gasteiger charge is -2.13. The number of ether oxygens (including phenoxy) is 1.